The lowest BCUT2D eigenvalue weighted by atomic mass is 10.2. The minimum atomic E-state index is -0.582. The van der Waals surface area contributed by atoms with Gasteiger partial charge in [0, 0.05) is 12.3 Å². The highest BCUT2D eigenvalue weighted by Gasteiger charge is 2.06. The maximum atomic E-state index is 12.8. The summed E-state index contributed by atoms with van der Waals surface area (Å²) in [4.78, 5) is 4.02. The molecule has 18 heavy (non-hydrogen) atoms. The van der Waals surface area contributed by atoms with Crippen molar-refractivity contribution in [1.29, 1.82) is 0 Å². The van der Waals surface area contributed by atoms with Gasteiger partial charge in [-0.2, -0.15) is 0 Å². The van der Waals surface area contributed by atoms with Gasteiger partial charge in [0.1, 0.15) is 11.6 Å². The van der Waals surface area contributed by atoms with Crippen molar-refractivity contribution >= 4 is 11.6 Å². The van der Waals surface area contributed by atoms with Gasteiger partial charge < -0.3 is 9.84 Å². The predicted octanol–water partition coefficient (Wildman–Crippen LogP) is 3.72. The summed E-state index contributed by atoms with van der Waals surface area (Å²) in [5.41, 5.74) is 0.688. The van der Waals surface area contributed by atoms with Crippen LogP contribution in [0.2, 0.25) is 5.02 Å². The van der Waals surface area contributed by atoms with Gasteiger partial charge in [-0.25, -0.2) is 9.37 Å². The molecule has 0 bridgehead atoms. The lowest BCUT2D eigenvalue weighted by Gasteiger charge is -2.08. The van der Waals surface area contributed by atoms with Crippen LogP contribution in [0.4, 0.5) is 4.39 Å². The number of rotatable bonds is 3. The van der Waals surface area contributed by atoms with Gasteiger partial charge in [-0.1, -0.05) is 11.6 Å². The highest BCUT2D eigenvalue weighted by Crippen LogP contribution is 2.29. The van der Waals surface area contributed by atoms with Gasteiger partial charge in [0.05, 0.1) is 11.1 Å². The predicted molar refractivity (Wildman–Crippen MR) is 66.4 cm³/mol. The van der Waals surface area contributed by atoms with Crippen molar-refractivity contribution in [3.05, 3.63) is 52.9 Å². The highest BCUT2D eigenvalue weighted by atomic mass is 35.5. The van der Waals surface area contributed by atoms with E-state index in [1.165, 1.54) is 24.4 Å². The highest BCUT2D eigenvalue weighted by molar-refractivity contribution is 6.32. The first-order valence-electron chi connectivity index (χ1n) is 5.33. The first-order chi connectivity index (χ1) is 8.56. The number of ether oxygens (including phenoxy) is 1. The molecule has 1 aromatic heterocycles. The van der Waals surface area contributed by atoms with Gasteiger partial charge in [0.25, 0.3) is 0 Å². The molecule has 0 spiro atoms. The van der Waals surface area contributed by atoms with Gasteiger partial charge in [-0.15, -0.1) is 0 Å². The van der Waals surface area contributed by atoms with Gasteiger partial charge in [0.2, 0.25) is 5.88 Å². The molecule has 2 rings (SSSR count). The van der Waals surface area contributed by atoms with E-state index in [1.807, 2.05) is 0 Å². The molecule has 2 aromatic rings. The van der Waals surface area contributed by atoms with Crippen molar-refractivity contribution in [1.82, 2.24) is 4.98 Å². The molecule has 5 heteroatoms. The Balaban J connectivity index is 2.18. The van der Waals surface area contributed by atoms with E-state index in [0.29, 0.717) is 17.2 Å². The monoisotopic (exact) mass is 267 g/mol. The topological polar surface area (TPSA) is 42.4 Å². The summed E-state index contributed by atoms with van der Waals surface area (Å²) in [5.74, 6) is 0.230. The van der Waals surface area contributed by atoms with Crippen molar-refractivity contribution in [3.8, 4) is 11.6 Å². The van der Waals surface area contributed by atoms with E-state index in [-0.39, 0.29) is 5.02 Å². The third kappa shape index (κ3) is 2.97. The molecule has 1 atom stereocenters. The van der Waals surface area contributed by atoms with Crippen LogP contribution in [0.5, 0.6) is 11.6 Å². The zero-order valence-electron chi connectivity index (χ0n) is 9.60. The summed E-state index contributed by atoms with van der Waals surface area (Å²) < 4.78 is 18.3. The summed E-state index contributed by atoms with van der Waals surface area (Å²) in [6.45, 7) is 1.65. The molecule has 0 radical (unpaired) electrons. The number of hydrogen-bond donors (Lipinski definition) is 1. The molecule has 3 nitrogen and oxygen atoms in total. The molecule has 0 fully saturated rings. The summed E-state index contributed by atoms with van der Waals surface area (Å²) >= 11 is 5.83. The normalized spacial score (nSPS) is 12.2. The smallest absolute Gasteiger partial charge is 0.219 e. The molecule has 0 aliphatic heterocycles. The summed E-state index contributed by atoms with van der Waals surface area (Å²) in [5, 5.41) is 9.51. The van der Waals surface area contributed by atoms with Crippen molar-refractivity contribution in [2.24, 2.45) is 0 Å². The largest absolute Gasteiger partial charge is 0.437 e. The Hall–Kier alpha value is -1.65. The molecular weight excluding hydrogens is 257 g/mol. The maximum absolute atomic E-state index is 12.8. The molecule has 1 N–H and O–H groups in total. The van der Waals surface area contributed by atoms with E-state index in [9.17, 15) is 9.50 Å². The average molecular weight is 268 g/mol. The Morgan fingerprint density at radius 1 is 1.33 bits per heavy atom. The fraction of sp³-hybridized carbons (Fsp3) is 0.154. The molecule has 0 saturated carbocycles. The summed E-state index contributed by atoms with van der Waals surface area (Å²) in [6, 6.07) is 7.17. The third-order valence-electron chi connectivity index (χ3n) is 2.35. The second-order valence-corrected chi connectivity index (χ2v) is 4.19. The number of benzene rings is 1. The molecule has 1 aromatic carbocycles. The number of aromatic nitrogens is 1. The van der Waals surface area contributed by atoms with Crippen LogP contribution in [0.25, 0.3) is 0 Å². The van der Waals surface area contributed by atoms with Crippen LogP contribution in [-0.4, -0.2) is 10.1 Å². The Kier molecular flexibility index (Phi) is 3.79. The third-order valence-corrected chi connectivity index (χ3v) is 2.65. The van der Waals surface area contributed by atoms with Crippen LogP contribution in [0.3, 0.4) is 0 Å². The van der Waals surface area contributed by atoms with Crippen LogP contribution in [0.15, 0.2) is 36.5 Å². The maximum Gasteiger partial charge on any atom is 0.219 e. The van der Waals surface area contributed by atoms with Crippen molar-refractivity contribution < 1.29 is 14.2 Å². The Bertz CT molecular complexity index is 543. The number of aliphatic hydroxyl groups excluding tert-OH is 1. The summed E-state index contributed by atoms with van der Waals surface area (Å²) in [6.07, 6.45) is 0.929. The van der Waals surface area contributed by atoms with Crippen molar-refractivity contribution in [3.63, 3.8) is 0 Å². The second-order valence-electron chi connectivity index (χ2n) is 3.78. The van der Waals surface area contributed by atoms with E-state index in [1.54, 1.807) is 19.1 Å². The molecular formula is C13H11ClFNO2. The average Bonchev–Trinajstić information content (AvgIpc) is 2.33. The molecule has 0 aliphatic rings. The second kappa shape index (κ2) is 5.33. The standard InChI is InChI=1S/C13H11ClFNO2/c1-8(17)9-2-5-13(16-7-9)18-12-4-3-10(15)6-11(12)14/h2-8,17H,1H3/t8-/m0/s1. The Morgan fingerprint density at radius 3 is 2.67 bits per heavy atom. The number of aliphatic hydroxyl groups is 1. The minimum Gasteiger partial charge on any atom is -0.437 e. The van der Waals surface area contributed by atoms with E-state index in [0.717, 1.165) is 0 Å². The lowest BCUT2D eigenvalue weighted by Crippen LogP contribution is -1.94. The molecule has 0 amide bonds. The van der Waals surface area contributed by atoms with Gasteiger partial charge in [-0.3, -0.25) is 0 Å². The molecule has 1 heterocycles. The number of pyridine rings is 1. The zero-order chi connectivity index (χ0) is 13.1. The zero-order valence-corrected chi connectivity index (χ0v) is 10.4. The van der Waals surface area contributed by atoms with E-state index >= 15 is 0 Å². The fourth-order valence-electron chi connectivity index (χ4n) is 1.37. The van der Waals surface area contributed by atoms with Crippen molar-refractivity contribution in [2.75, 3.05) is 0 Å². The van der Waals surface area contributed by atoms with E-state index in [4.69, 9.17) is 16.3 Å². The molecule has 0 aliphatic carbocycles. The van der Waals surface area contributed by atoms with Crippen LogP contribution in [-0.2, 0) is 0 Å². The van der Waals surface area contributed by atoms with E-state index in [2.05, 4.69) is 4.98 Å². The first kappa shape index (κ1) is 12.8. The fourth-order valence-corrected chi connectivity index (χ4v) is 1.58. The molecule has 94 valence electrons. The van der Waals surface area contributed by atoms with Crippen LogP contribution < -0.4 is 4.74 Å². The van der Waals surface area contributed by atoms with Crippen LogP contribution in [0, 0.1) is 5.82 Å². The van der Waals surface area contributed by atoms with Gasteiger partial charge in [-0.05, 0) is 36.8 Å². The lowest BCUT2D eigenvalue weighted by molar-refractivity contribution is 0.198. The van der Waals surface area contributed by atoms with Gasteiger partial charge in [0.15, 0.2) is 0 Å². The van der Waals surface area contributed by atoms with Gasteiger partial charge >= 0.3 is 0 Å². The Morgan fingerprint density at radius 2 is 2.11 bits per heavy atom. The quantitative estimate of drug-likeness (QED) is 0.922. The van der Waals surface area contributed by atoms with Crippen LogP contribution >= 0.6 is 11.6 Å². The molecule has 0 unspecified atom stereocenters. The summed E-state index contributed by atoms with van der Waals surface area (Å²) in [7, 11) is 0. The SMILES string of the molecule is C[C@H](O)c1ccc(Oc2ccc(F)cc2Cl)nc1. The first-order valence-corrected chi connectivity index (χ1v) is 5.71. The van der Waals surface area contributed by atoms with Crippen LogP contribution in [0.1, 0.15) is 18.6 Å². The number of nitrogens with zero attached hydrogens (tertiary/aromatic N) is 1. The number of halogens is 2. The Labute approximate surface area is 109 Å². The van der Waals surface area contributed by atoms with E-state index < -0.39 is 11.9 Å². The minimum absolute atomic E-state index is 0.177. The number of hydrogen-bond acceptors (Lipinski definition) is 3. The molecule has 0 saturated heterocycles. The van der Waals surface area contributed by atoms with Crippen molar-refractivity contribution in [2.45, 2.75) is 13.0 Å².